The summed E-state index contributed by atoms with van der Waals surface area (Å²) >= 11 is 0.827. The zero-order valence-electron chi connectivity index (χ0n) is 27.6. The highest BCUT2D eigenvalue weighted by molar-refractivity contribution is 7.16. The molecule has 0 aliphatic carbocycles. The van der Waals surface area contributed by atoms with Gasteiger partial charge in [-0.25, -0.2) is 0 Å². The highest BCUT2D eigenvalue weighted by Crippen LogP contribution is 2.43. The van der Waals surface area contributed by atoms with E-state index in [0.717, 1.165) is 34.4 Å². The summed E-state index contributed by atoms with van der Waals surface area (Å²) < 4.78 is 19.3. The summed E-state index contributed by atoms with van der Waals surface area (Å²) in [4.78, 5) is 46.9. The Kier molecular flexibility index (Phi) is 9.52. The third-order valence-corrected chi connectivity index (χ3v) is 10.3. The zero-order chi connectivity index (χ0) is 34.0. The Morgan fingerprint density at radius 2 is 1.62 bits per heavy atom. The number of nitrogens with zero attached hydrogens (tertiary/aromatic N) is 2. The van der Waals surface area contributed by atoms with E-state index in [4.69, 9.17) is 19.2 Å². The van der Waals surface area contributed by atoms with E-state index in [9.17, 15) is 14.4 Å². The molecule has 0 spiro atoms. The van der Waals surface area contributed by atoms with Crippen LogP contribution in [-0.2, 0) is 19.8 Å². The smallest absolute Gasteiger partial charge is 0.311 e. The topological polar surface area (TPSA) is 125 Å². The molecule has 5 aromatic rings. The van der Waals surface area contributed by atoms with Gasteiger partial charge in [-0.05, 0) is 48.1 Å². The summed E-state index contributed by atoms with van der Waals surface area (Å²) in [6.07, 6.45) is -0.0000164. The van der Waals surface area contributed by atoms with E-state index < -0.39 is 29.4 Å². The van der Waals surface area contributed by atoms with Gasteiger partial charge in [0.05, 0.1) is 13.2 Å². The molecule has 6 rings (SSSR count). The predicted molar refractivity (Wildman–Crippen MR) is 187 cm³/mol. The van der Waals surface area contributed by atoms with Gasteiger partial charge in [-0.1, -0.05) is 104 Å². The number of carbonyl (C=O) groups excluding carboxylic acids is 1. The fourth-order valence-electron chi connectivity index (χ4n) is 6.70. The van der Waals surface area contributed by atoms with Gasteiger partial charge >= 0.3 is 10.8 Å². The number of rotatable bonds is 11. The van der Waals surface area contributed by atoms with Crippen LogP contribution in [0, 0.1) is 11.8 Å². The largest absolute Gasteiger partial charge is 0.497 e. The maximum atomic E-state index is 13.7. The minimum absolute atomic E-state index is 0.164. The van der Waals surface area contributed by atoms with Gasteiger partial charge < -0.3 is 19.5 Å². The molecule has 0 unspecified atom stereocenters. The molecule has 10 nitrogen and oxygen atoms in total. The molecule has 1 fully saturated rings. The van der Waals surface area contributed by atoms with Crippen molar-refractivity contribution in [3.63, 3.8) is 0 Å². The van der Waals surface area contributed by atoms with Gasteiger partial charge in [-0.2, -0.15) is 4.98 Å². The second kappa shape index (κ2) is 13.8. The van der Waals surface area contributed by atoms with E-state index in [1.165, 1.54) is 11.5 Å². The van der Waals surface area contributed by atoms with Crippen molar-refractivity contribution in [2.24, 2.45) is 11.8 Å². The van der Waals surface area contributed by atoms with E-state index in [-0.39, 0.29) is 39.1 Å². The molecule has 3 aromatic carbocycles. The standard InChI is InChI=1S/C37H40N4O6S/c1-6-22(2)30-21-29(23(3)46-24(4)42)34(47-30)41-32-31(48-36(41)44)33(43)39-35(38-32)40-37(25-13-9-7-10-14-25,26-15-11-8-12-16-26)27-17-19-28(45-5)20-18-27/h7-20,22-23,29-30,34H,6,21H2,1-5H3,(H2,38,39,40,43)/t22-,23-,29-,30-,34+/m0/s1. The number of ether oxygens (including phenoxy) is 3. The summed E-state index contributed by atoms with van der Waals surface area (Å²) in [5, 5.41) is 3.61. The number of esters is 1. The van der Waals surface area contributed by atoms with Crippen LogP contribution in [0.3, 0.4) is 0 Å². The number of anilines is 1. The SMILES string of the molecule is CC[C@H](C)[C@@H]1C[C@@H]([C@H](C)OC(C)=O)[C@H](n2c(=O)sc3c(=O)[nH]c(NC(c4ccccc4)(c4ccccc4)c4ccc(OC)cc4)nc32)O1. The second-order valence-corrected chi connectivity index (χ2v) is 13.3. The van der Waals surface area contributed by atoms with Gasteiger partial charge in [-0.15, -0.1) is 0 Å². The number of hydrogen-bond acceptors (Lipinski definition) is 9. The van der Waals surface area contributed by atoms with Crippen molar-refractivity contribution in [3.05, 3.63) is 122 Å². The van der Waals surface area contributed by atoms with Crippen molar-refractivity contribution in [1.82, 2.24) is 14.5 Å². The summed E-state index contributed by atoms with van der Waals surface area (Å²) in [6, 6.07) is 27.6. The molecule has 1 saturated heterocycles. The first kappa shape index (κ1) is 33.2. The Morgan fingerprint density at radius 1 is 1.02 bits per heavy atom. The number of benzene rings is 3. The quantitative estimate of drug-likeness (QED) is 0.121. The van der Waals surface area contributed by atoms with Crippen LogP contribution in [0.5, 0.6) is 5.75 Å². The first-order valence-corrected chi connectivity index (χ1v) is 17.0. The molecule has 1 aliphatic rings. The fourth-order valence-corrected chi connectivity index (χ4v) is 7.54. The molecular formula is C37H40N4O6S. The molecule has 2 aromatic heterocycles. The van der Waals surface area contributed by atoms with Crippen LogP contribution < -0.4 is 20.5 Å². The van der Waals surface area contributed by atoms with Crippen molar-refractivity contribution in [2.75, 3.05) is 12.4 Å². The van der Waals surface area contributed by atoms with E-state index in [0.29, 0.717) is 12.2 Å². The van der Waals surface area contributed by atoms with Gasteiger partial charge in [0.2, 0.25) is 5.95 Å². The summed E-state index contributed by atoms with van der Waals surface area (Å²) in [5.41, 5.74) is 1.41. The number of H-pyrrole nitrogens is 1. The number of hydrogen-bond donors (Lipinski definition) is 2. The van der Waals surface area contributed by atoms with Crippen molar-refractivity contribution in [3.8, 4) is 5.75 Å². The van der Waals surface area contributed by atoms with Gasteiger partial charge in [-0.3, -0.25) is 23.9 Å². The minimum Gasteiger partial charge on any atom is -0.497 e. The lowest BCUT2D eigenvalue weighted by Gasteiger charge is -2.37. The lowest BCUT2D eigenvalue weighted by atomic mass is 9.77. The Labute approximate surface area is 282 Å². The lowest BCUT2D eigenvalue weighted by molar-refractivity contribution is -0.150. The van der Waals surface area contributed by atoms with Gasteiger partial charge in [0.1, 0.15) is 28.3 Å². The molecule has 48 heavy (non-hydrogen) atoms. The molecule has 3 heterocycles. The van der Waals surface area contributed by atoms with Crippen LogP contribution in [-0.4, -0.2) is 39.8 Å². The normalized spacial score (nSPS) is 19.1. The van der Waals surface area contributed by atoms with Crippen molar-refractivity contribution < 1.29 is 19.0 Å². The summed E-state index contributed by atoms with van der Waals surface area (Å²) in [7, 11) is 1.62. The summed E-state index contributed by atoms with van der Waals surface area (Å²) in [5.74, 6) is 0.344. The molecular weight excluding hydrogens is 628 g/mol. The van der Waals surface area contributed by atoms with Crippen molar-refractivity contribution >= 4 is 33.6 Å². The number of aromatic amines is 1. The molecule has 2 N–H and O–H groups in total. The Hall–Kier alpha value is -4.74. The Bertz CT molecular complexity index is 1950. The van der Waals surface area contributed by atoms with Crippen LogP contribution in [0.2, 0.25) is 0 Å². The van der Waals surface area contributed by atoms with E-state index in [1.807, 2.05) is 91.9 Å². The van der Waals surface area contributed by atoms with Crippen molar-refractivity contribution in [1.29, 1.82) is 0 Å². The molecule has 5 atom stereocenters. The van der Waals surface area contributed by atoms with E-state index in [1.54, 1.807) is 7.11 Å². The maximum absolute atomic E-state index is 13.7. The number of carbonyl (C=O) groups is 1. The average molecular weight is 669 g/mol. The monoisotopic (exact) mass is 668 g/mol. The first-order valence-electron chi connectivity index (χ1n) is 16.2. The second-order valence-electron chi connectivity index (χ2n) is 12.3. The van der Waals surface area contributed by atoms with Gasteiger partial charge in [0.15, 0.2) is 5.65 Å². The molecule has 0 radical (unpaired) electrons. The minimum atomic E-state index is -1.02. The molecule has 0 saturated carbocycles. The van der Waals surface area contributed by atoms with Gasteiger partial charge in [0, 0.05) is 12.8 Å². The summed E-state index contributed by atoms with van der Waals surface area (Å²) in [6.45, 7) is 7.38. The van der Waals surface area contributed by atoms with Crippen LogP contribution in [0.25, 0.3) is 10.3 Å². The highest BCUT2D eigenvalue weighted by atomic mass is 32.1. The highest BCUT2D eigenvalue weighted by Gasteiger charge is 2.44. The van der Waals surface area contributed by atoms with E-state index in [2.05, 4.69) is 24.1 Å². The molecule has 1 aliphatic heterocycles. The Morgan fingerprint density at radius 3 is 2.19 bits per heavy atom. The lowest BCUT2D eigenvalue weighted by Crippen LogP contribution is -2.39. The fraction of sp³-hybridized carbons (Fsp3) is 0.351. The number of fused-ring (bicyclic) bond motifs is 1. The molecule has 250 valence electrons. The third kappa shape index (κ3) is 6.15. The average Bonchev–Trinajstić information content (AvgIpc) is 3.68. The zero-order valence-corrected chi connectivity index (χ0v) is 28.5. The predicted octanol–water partition coefficient (Wildman–Crippen LogP) is 6.46. The third-order valence-electron chi connectivity index (χ3n) is 9.39. The van der Waals surface area contributed by atoms with Gasteiger partial charge in [0.25, 0.3) is 5.56 Å². The first-order chi connectivity index (χ1) is 23.2. The van der Waals surface area contributed by atoms with Crippen LogP contribution in [0.4, 0.5) is 5.95 Å². The number of methoxy groups -OCH3 is 1. The van der Waals surface area contributed by atoms with Crippen LogP contribution in [0.15, 0.2) is 94.5 Å². The molecule has 0 amide bonds. The van der Waals surface area contributed by atoms with E-state index >= 15 is 0 Å². The number of thiazole rings is 1. The molecule has 11 heteroatoms. The van der Waals surface area contributed by atoms with Crippen LogP contribution >= 0.6 is 11.3 Å². The van der Waals surface area contributed by atoms with Crippen molar-refractivity contribution in [2.45, 2.75) is 64.5 Å². The number of aromatic nitrogens is 3. The number of nitrogens with one attached hydrogen (secondary N) is 2. The molecule has 0 bridgehead atoms. The maximum Gasteiger partial charge on any atom is 0.311 e. The Balaban J connectivity index is 1.54. The van der Waals surface area contributed by atoms with Crippen LogP contribution in [0.1, 0.15) is 63.5 Å².